The zero-order valence-electron chi connectivity index (χ0n) is 17.2. The fraction of sp³-hybridized carbons (Fsp3) is 0.348. The van der Waals surface area contributed by atoms with Crippen LogP contribution in [-0.2, 0) is 11.3 Å². The molecule has 0 spiro atoms. The standard InChI is InChI=1S/C23H23BrN2O6/c1-31-17-5-2-13(3-6-17)11-26-20-14(8-16(24)9-15(20)10-25-26)4-7-18-21(28)23(30)22(29)19(12-27)32-18/h2-3,5-6,8-10,18-19,21-23,27-30H,11-12H2,1H3/t18?,19?,21?,22-,23?/m1/s1. The summed E-state index contributed by atoms with van der Waals surface area (Å²) in [6.45, 7) is 0.0166. The maximum atomic E-state index is 10.3. The molecule has 4 N–H and O–H groups in total. The van der Waals surface area contributed by atoms with Crippen LogP contribution in [0, 0.1) is 11.8 Å². The number of halogens is 1. The van der Waals surface area contributed by atoms with Crippen LogP contribution in [-0.4, -0.2) is 74.4 Å². The summed E-state index contributed by atoms with van der Waals surface area (Å²) in [4.78, 5) is 0. The van der Waals surface area contributed by atoms with Gasteiger partial charge in [0.25, 0.3) is 0 Å². The molecule has 168 valence electrons. The van der Waals surface area contributed by atoms with Gasteiger partial charge in [0.1, 0.15) is 36.3 Å². The molecule has 0 amide bonds. The molecule has 1 aliphatic rings. The van der Waals surface area contributed by atoms with E-state index in [1.165, 1.54) is 0 Å². The largest absolute Gasteiger partial charge is 0.497 e. The zero-order chi connectivity index (χ0) is 22.8. The van der Waals surface area contributed by atoms with Crippen molar-refractivity contribution in [2.45, 2.75) is 37.1 Å². The Balaban J connectivity index is 1.68. The molecule has 9 heteroatoms. The third-order valence-electron chi connectivity index (χ3n) is 5.43. The van der Waals surface area contributed by atoms with E-state index in [4.69, 9.17) is 9.47 Å². The van der Waals surface area contributed by atoms with E-state index in [1.807, 2.05) is 41.1 Å². The highest BCUT2D eigenvalue weighted by Crippen LogP contribution is 2.26. The van der Waals surface area contributed by atoms with Crippen molar-refractivity contribution in [2.24, 2.45) is 0 Å². The van der Waals surface area contributed by atoms with Crippen molar-refractivity contribution in [3.8, 4) is 17.6 Å². The third kappa shape index (κ3) is 4.52. The predicted octanol–water partition coefficient (Wildman–Crippen LogP) is 1.05. The molecule has 32 heavy (non-hydrogen) atoms. The molecular formula is C23H23BrN2O6. The number of methoxy groups -OCH3 is 1. The van der Waals surface area contributed by atoms with Gasteiger partial charge >= 0.3 is 0 Å². The molecule has 1 aromatic heterocycles. The van der Waals surface area contributed by atoms with Gasteiger partial charge in [0.2, 0.25) is 0 Å². The van der Waals surface area contributed by atoms with Crippen molar-refractivity contribution < 1.29 is 29.9 Å². The number of nitrogens with zero attached hydrogens (tertiary/aromatic N) is 2. The normalized spacial score (nSPS) is 25.4. The van der Waals surface area contributed by atoms with E-state index in [1.54, 1.807) is 13.3 Å². The third-order valence-corrected chi connectivity index (χ3v) is 5.89. The van der Waals surface area contributed by atoms with Gasteiger partial charge in [-0.15, -0.1) is 0 Å². The molecular weight excluding hydrogens is 480 g/mol. The smallest absolute Gasteiger partial charge is 0.147 e. The van der Waals surface area contributed by atoms with Gasteiger partial charge in [0, 0.05) is 9.86 Å². The van der Waals surface area contributed by atoms with E-state index in [0.29, 0.717) is 12.1 Å². The maximum absolute atomic E-state index is 10.3. The molecule has 4 rings (SSSR count). The van der Waals surface area contributed by atoms with Crippen LogP contribution in [0.5, 0.6) is 5.75 Å². The molecule has 0 bridgehead atoms. The van der Waals surface area contributed by atoms with Gasteiger partial charge in [-0.1, -0.05) is 39.9 Å². The molecule has 1 fully saturated rings. The lowest BCUT2D eigenvalue weighted by Gasteiger charge is -2.37. The van der Waals surface area contributed by atoms with Crippen LogP contribution in [0.25, 0.3) is 10.9 Å². The molecule has 1 saturated heterocycles. The SMILES string of the molecule is COc1ccc(Cn2ncc3cc(Br)cc(C#CC4OC(CO)[C@@H](O)C(O)C4O)c32)cc1. The van der Waals surface area contributed by atoms with E-state index in [-0.39, 0.29) is 0 Å². The molecule has 2 aromatic carbocycles. The average molecular weight is 503 g/mol. The van der Waals surface area contributed by atoms with Gasteiger partial charge in [-0.25, -0.2) is 0 Å². The van der Waals surface area contributed by atoms with Crippen molar-refractivity contribution in [2.75, 3.05) is 13.7 Å². The van der Waals surface area contributed by atoms with Gasteiger partial charge in [0.15, 0.2) is 0 Å². The number of benzene rings is 2. The Morgan fingerprint density at radius 3 is 2.56 bits per heavy atom. The zero-order valence-corrected chi connectivity index (χ0v) is 18.8. The molecule has 3 aromatic rings. The van der Waals surface area contributed by atoms with Crippen LogP contribution >= 0.6 is 15.9 Å². The van der Waals surface area contributed by atoms with Crippen molar-refractivity contribution >= 4 is 26.8 Å². The number of aromatic nitrogens is 2. The lowest BCUT2D eigenvalue weighted by Crippen LogP contribution is -2.58. The second kappa shape index (κ2) is 9.58. The van der Waals surface area contributed by atoms with Crippen LogP contribution in [0.15, 0.2) is 47.1 Å². The molecule has 2 heterocycles. The van der Waals surface area contributed by atoms with Crippen LogP contribution in [0.1, 0.15) is 11.1 Å². The van der Waals surface area contributed by atoms with Crippen molar-refractivity contribution in [3.05, 3.63) is 58.2 Å². The van der Waals surface area contributed by atoms with Crippen molar-refractivity contribution in [3.63, 3.8) is 0 Å². The molecule has 0 radical (unpaired) electrons. The quantitative estimate of drug-likeness (QED) is 0.394. The summed E-state index contributed by atoms with van der Waals surface area (Å²) >= 11 is 3.49. The highest BCUT2D eigenvalue weighted by Gasteiger charge is 2.42. The summed E-state index contributed by atoms with van der Waals surface area (Å²) in [5.74, 6) is 6.63. The highest BCUT2D eigenvalue weighted by molar-refractivity contribution is 9.10. The van der Waals surface area contributed by atoms with Crippen molar-refractivity contribution in [1.29, 1.82) is 0 Å². The Hall–Kier alpha value is -2.45. The molecule has 4 unspecified atom stereocenters. The topological polar surface area (TPSA) is 117 Å². The Kier molecular flexibility index (Phi) is 6.81. The minimum absolute atomic E-state index is 0.501. The Morgan fingerprint density at radius 2 is 1.88 bits per heavy atom. The molecule has 0 aliphatic carbocycles. The highest BCUT2D eigenvalue weighted by atomic mass is 79.9. The second-order valence-corrected chi connectivity index (χ2v) is 8.48. The first-order valence-electron chi connectivity index (χ1n) is 10.0. The summed E-state index contributed by atoms with van der Waals surface area (Å²) < 4.78 is 13.3. The van der Waals surface area contributed by atoms with Gasteiger partial charge < -0.3 is 29.9 Å². The van der Waals surface area contributed by atoms with E-state index in [9.17, 15) is 20.4 Å². The number of hydrogen-bond donors (Lipinski definition) is 4. The predicted molar refractivity (Wildman–Crippen MR) is 120 cm³/mol. The number of aliphatic hydroxyl groups excluding tert-OH is 4. The molecule has 1 aliphatic heterocycles. The number of rotatable bonds is 4. The number of fused-ring (bicyclic) bond motifs is 1. The summed E-state index contributed by atoms with van der Waals surface area (Å²) in [6.07, 6.45) is -4.62. The average Bonchev–Trinajstić information content (AvgIpc) is 3.19. The first kappa shape index (κ1) is 22.7. The van der Waals surface area contributed by atoms with Gasteiger partial charge in [-0.05, 0) is 29.8 Å². The van der Waals surface area contributed by atoms with Gasteiger partial charge in [0.05, 0.1) is 37.5 Å². The monoisotopic (exact) mass is 502 g/mol. The first-order valence-corrected chi connectivity index (χ1v) is 10.8. The van der Waals surface area contributed by atoms with Crippen LogP contribution in [0.2, 0.25) is 0 Å². The molecule has 8 nitrogen and oxygen atoms in total. The first-order chi connectivity index (χ1) is 15.4. The summed E-state index contributed by atoms with van der Waals surface area (Å²) in [5.41, 5.74) is 2.49. The number of ether oxygens (including phenoxy) is 2. The van der Waals surface area contributed by atoms with Crippen LogP contribution in [0.4, 0.5) is 0 Å². The molecule has 0 saturated carbocycles. The van der Waals surface area contributed by atoms with E-state index in [0.717, 1.165) is 26.7 Å². The number of hydrogen-bond acceptors (Lipinski definition) is 7. The Labute approximate surface area is 193 Å². The minimum atomic E-state index is -1.47. The van der Waals surface area contributed by atoms with Gasteiger partial charge in [-0.3, -0.25) is 4.68 Å². The van der Waals surface area contributed by atoms with Crippen molar-refractivity contribution in [1.82, 2.24) is 9.78 Å². The van der Waals surface area contributed by atoms with Crippen LogP contribution in [0.3, 0.4) is 0 Å². The fourth-order valence-corrected chi connectivity index (χ4v) is 4.16. The number of aliphatic hydroxyl groups is 4. The van der Waals surface area contributed by atoms with Gasteiger partial charge in [-0.2, -0.15) is 5.10 Å². The van der Waals surface area contributed by atoms with E-state index < -0.39 is 37.1 Å². The lowest BCUT2D eigenvalue weighted by molar-refractivity contribution is -0.214. The lowest BCUT2D eigenvalue weighted by atomic mass is 9.95. The maximum Gasteiger partial charge on any atom is 0.147 e. The van der Waals surface area contributed by atoms with Crippen LogP contribution < -0.4 is 4.74 Å². The van der Waals surface area contributed by atoms with E-state index >= 15 is 0 Å². The minimum Gasteiger partial charge on any atom is -0.497 e. The van der Waals surface area contributed by atoms with E-state index in [2.05, 4.69) is 32.9 Å². The summed E-state index contributed by atoms with van der Waals surface area (Å²) in [6, 6.07) is 11.5. The Bertz CT molecular complexity index is 1150. The second-order valence-electron chi connectivity index (χ2n) is 7.56. The Morgan fingerprint density at radius 1 is 1.12 bits per heavy atom. The molecule has 5 atom stereocenters. The summed E-state index contributed by atoms with van der Waals surface area (Å²) in [7, 11) is 1.62. The fourth-order valence-electron chi connectivity index (χ4n) is 3.69. The summed E-state index contributed by atoms with van der Waals surface area (Å²) in [5, 5.41) is 45.0.